The first kappa shape index (κ1) is 14.0. The van der Waals surface area contributed by atoms with Crippen LogP contribution in [0, 0.1) is 18.6 Å². The Morgan fingerprint density at radius 3 is 2.75 bits per heavy atom. The van der Waals surface area contributed by atoms with Crippen LogP contribution in [-0.4, -0.2) is 15.7 Å². The summed E-state index contributed by atoms with van der Waals surface area (Å²) in [4.78, 5) is 11.9. The van der Waals surface area contributed by atoms with E-state index >= 15 is 0 Å². The second-order valence-electron chi connectivity index (χ2n) is 4.42. The van der Waals surface area contributed by atoms with Crippen molar-refractivity contribution >= 4 is 11.6 Å². The van der Waals surface area contributed by atoms with Gasteiger partial charge < -0.3 is 11.1 Å². The standard InChI is InChI=1S/C13H14F2N4O/c1-7-8(6-18-19(7)2)5-17-13(20)10-3-9(14)4-11(16)12(10)15/h3-4,6H,5,16H2,1-2H3,(H,17,20). The lowest BCUT2D eigenvalue weighted by Gasteiger charge is -2.07. The first-order valence-electron chi connectivity index (χ1n) is 5.90. The minimum atomic E-state index is -0.924. The zero-order valence-corrected chi connectivity index (χ0v) is 11.1. The highest BCUT2D eigenvalue weighted by atomic mass is 19.1. The topological polar surface area (TPSA) is 72.9 Å². The maximum Gasteiger partial charge on any atom is 0.254 e. The largest absolute Gasteiger partial charge is 0.396 e. The van der Waals surface area contributed by atoms with Crippen LogP contribution in [0.15, 0.2) is 18.3 Å². The molecule has 1 aromatic heterocycles. The number of halogens is 2. The van der Waals surface area contributed by atoms with Crippen molar-refractivity contribution in [2.75, 3.05) is 5.73 Å². The maximum atomic E-state index is 13.7. The molecule has 0 unspecified atom stereocenters. The van der Waals surface area contributed by atoms with Crippen LogP contribution in [0.2, 0.25) is 0 Å². The van der Waals surface area contributed by atoms with Crippen molar-refractivity contribution in [2.24, 2.45) is 7.05 Å². The van der Waals surface area contributed by atoms with E-state index in [1.54, 1.807) is 17.9 Å². The van der Waals surface area contributed by atoms with Gasteiger partial charge in [0.25, 0.3) is 5.91 Å². The predicted octanol–water partition coefficient (Wildman–Crippen LogP) is 1.52. The van der Waals surface area contributed by atoms with Gasteiger partial charge in [-0.2, -0.15) is 5.10 Å². The fourth-order valence-electron chi connectivity index (χ4n) is 1.76. The molecule has 0 aliphatic heterocycles. The van der Waals surface area contributed by atoms with Gasteiger partial charge in [-0.3, -0.25) is 9.48 Å². The number of benzene rings is 1. The van der Waals surface area contributed by atoms with E-state index in [2.05, 4.69) is 10.4 Å². The number of anilines is 1. The van der Waals surface area contributed by atoms with Gasteiger partial charge in [0.1, 0.15) is 5.82 Å². The summed E-state index contributed by atoms with van der Waals surface area (Å²) in [6, 6.07) is 1.65. The van der Waals surface area contributed by atoms with Gasteiger partial charge in [-0.05, 0) is 19.1 Å². The van der Waals surface area contributed by atoms with E-state index in [-0.39, 0.29) is 6.54 Å². The molecule has 1 amide bonds. The molecule has 3 N–H and O–H groups in total. The van der Waals surface area contributed by atoms with Gasteiger partial charge >= 0.3 is 0 Å². The molecular weight excluding hydrogens is 266 g/mol. The SMILES string of the molecule is Cc1c(CNC(=O)c2cc(F)cc(N)c2F)cnn1C. The van der Waals surface area contributed by atoms with Crippen molar-refractivity contribution in [3.8, 4) is 0 Å². The Morgan fingerprint density at radius 2 is 2.15 bits per heavy atom. The number of carbonyl (C=O) groups excluding carboxylic acids is 1. The van der Waals surface area contributed by atoms with Gasteiger partial charge in [-0.15, -0.1) is 0 Å². The number of aromatic nitrogens is 2. The third kappa shape index (κ3) is 2.61. The summed E-state index contributed by atoms with van der Waals surface area (Å²) in [5.74, 6) is -2.41. The number of nitrogens with one attached hydrogen (secondary N) is 1. The number of nitrogens with zero attached hydrogens (tertiary/aromatic N) is 2. The average molecular weight is 280 g/mol. The Bertz CT molecular complexity index is 667. The lowest BCUT2D eigenvalue weighted by Crippen LogP contribution is -2.24. The number of hydrogen-bond acceptors (Lipinski definition) is 3. The molecule has 1 aromatic carbocycles. The van der Waals surface area contributed by atoms with E-state index in [1.807, 2.05) is 6.92 Å². The quantitative estimate of drug-likeness (QED) is 0.837. The fraction of sp³-hybridized carbons (Fsp3) is 0.231. The molecule has 20 heavy (non-hydrogen) atoms. The maximum absolute atomic E-state index is 13.7. The Balaban J connectivity index is 2.15. The zero-order chi connectivity index (χ0) is 14.9. The molecule has 0 saturated carbocycles. The van der Waals surface area contributed by atoms with Gasteiger partial charge in [-0.1, -0.05) is 0 Å². The summed E-state index contributed by atoms with van der Waals surface area (Å²) >= 11 is 0. The lowest BCUT2D eigenvalue weighted by molar-refractivity contribution is 0.0946. The number of aryl methyl sites for hydroxylation is 1. The smallest absolute Gasteiger partial charge is 0.254 e. The number of rotatable bonds is 3. The monoisotopic (exact) mass is 280 g/mol. The normalized spacial score (nSPS) is 10.6. The first-order chi connectivity index (χ1) is 9.40. The van der Waals surface area contributed by atoms with Crippen molar-refractivity contribution in [3.05, 3.63) is 46.8 Å². The highest BCUT2D eigenvalue weighted by Crippen LogP contribution is 2.17. The van der Waals surface area contributed by atoms with E-state index in [4.69, 9.17) is 5.73 Å². The van der Waals surface area contributed by atoms with E-state index in [0.29, 0.717) is 0 Å². The van der Waals surface area contributed by atoms with Crippen LogP contribution in [0.3, 0.4) is 0 Å². The lowest BCUT2D eigenvalue weighted by atomic mass is 10.1. The minimum absolute atomic E-state index is 0.175. The molecule has 2 aromatic rings. The van der Waals surface area contributed by atoms with E-state index in [0.717, 1.165) is 23.4 Å². The molecule has 0 fully saturated rings. The molecule has 0 saturated heterocycles. The van der Waals surface area contributed by atoms with Gasteiger partial charge in [0.2, 0.25) is 0 Å². The van der Waals surface area contributed by atoms with Crippen molar-refractivity contribution in [3.63, 3.8) is 0 Å². The van der Waals surface area contributed by atoms with E-state index < -0.39 is 28.8 Å². The van der Waals surface area contributed by atoms with Crippen molar-refractivity contribution in [2.45, 2.75) is 13.5 Å². The summed E-state index contributed by atoms with van der Waals surface area (Å²) < 4.78 is 28.5. The summed E-state index contributed by atoms with van der Waals surface area (Å²) in [6.07, 6.45) is 1.60. The molecule has 0 atom stereocenters. The van der Waals surface area contributed by atoms with E-state index in [1.165, 1.54) is 0 Å². The summed E-state index contributed by atoms with van der Waals surface area (Å²) in [6.45, 7) is 2.02. The van der Waals surface area contributed by atoms with Gasteiger partial charge in [0.05, 0.1) is 17.4 Å². The van der Waals surface area contributed by atoms with E-state index in [9.17, 15) is 13.6 Å². The van der Waals surface area contributed by atoms with Crippen molar-refractivity contribution in [1.29, 1.82) is 0 Å². The molecule has 0 spiro atoms. The van der Waals surface area contributed by atoms with Gasteiger partial charge in [-0.25, -0.2) is 8.78 Å². The summed E-state index contributed by atoms with van der Waals surface area (Å²) in [7, 11) is 1.77. The average Bonchev–Trinajstić information content (AvgIpc) is 2.71. The highest BCUT2D eigenvalue weighted by molar-refractivity contribution is 5.95. The van der Waals surface area contributed by atoms with Gasteiger partial charge in [0, 0.05) is 24.8 Å². The molecular formula is C13H14F2N4O. The molecule has 1 heterocycles. The van der Waals surface area contributed by atoms with Crippen LogP contribution >= 0.6 is 0 Å². The Hall–Kier alpha value is -2.44. The van der Waals surface area contributed by atoms with Crippen LogP contribution < -0.4 is 11.1 Å². The number of nitrogen functional groups attached to an aromatic ring is 1. The van der Waals surface area contributed by atoms with Crippen LogP contribution in [0.4, 0.5) is 14.5 Å². The number of nitrogens with two attached hydrogens (primary N) is 1. The third-order valence-electron chi connectivity index (χ3n) is 3.09. The van der Waals surface area contributed by atoms with Crippen LogP contribution in [0.5, 0.6) is 0 Å². The van der Waals surface area contributed by atoms with Crippen LogP contribution in [-0.2, 0) is 13.6 Å². The highest BCUT2D eigenvalue weighted by Gasteiger charge is 2.16. The summed E-state index contributed by atoms with van der Waals surface area (Å²) in [5, 5.41) is 6.53. The van der Waals surface area contributed by atoms with Crippen LogP contribution in [0.25, 0.3) is 0 Å². The summed E-state index contributed by atoms with van der Waals surface area (Å²) in [5.41, 5.74) is 6.15. The zero-order valence-electron chi connectivity index (χ0n) is 11.1. The molecule has 0 aliphatic rings. The number of amides is 1. The molecule has 7 heteroatoms. The molecule has 0 aliphatic carbocycles. The molecule has 5 nitrogen and oxygen atoms in total. The Kier molecular flexibility index (Phi) is 3.69. The van der Waals surface area contributed by atoms with Crippen molar-refractivity contribution < 1.29 is 13.6 Å². The fourth-order valence-corrected chi connectivity index (χ4v) is 1.76. The van der Waals surface area contributed by atoms with Crippen LogP contribution in [0.1, 0.15) is 21.6 Å². The number of hydrogen-bond donors (Lipinski definition) is 2. The van der Waals surface area contributed by atoms with Crippen molar-refractivity contribution in [1.82, 2.24) is 15.1 Å². The Morgan fingerprint density at radius 1 is 1.45 bits per heavy atom. The third-order valence-corrected chi connectivity index (χ3v) is 3.09. The first-order valence-corrected chi connectivity index (χ1v) is 5.90. The Labute approximate surface area is 114 Å². The molecule has 2 rings (SSSR count). The molecule has 0 bridgehead atoms. The van der Waals surface area contributed by atoms with Gasteiger partial charge in [0.15, 0.2) is 5.82 Å². The molecule has 106 valence electrons. The second kappa shape index (κ2) is 5.28. The predicted molar refractivity (Wildman–Crippen MR) is 69.9 cm³/mol. The molecule has 0 radical (unpaired) electrons. The minimum Gasteiger partial charge on any atom is -0.396 e. The number of carbonyl (C=O) groups is 1. The second-order valence-corrected chi connectivity index (χ2v) is 4.42.